The maximum absolute atomic E-state index is 4.22. The quantitative estimate of drug-likeness (QED) is 0.757. The van der Waals surface area contributed by atoms with Gasteiger partial charge in [-0.25, -0.2) is 9.97 Å². The van der Waals surface area contributed by atoms with Gasteiger partial charge >= 0.3 is 0 Å². The Morgan fingerprint density at radius 2 is 1.86 bits per heavy atom. The Bertz CT molecular complexity index is 259. The van der Waals surface area contributed by atoms with Crippen LogP contribution in [0.5, 0.6) is 0 Å². The molecule has 3 nitrogen and oxygen atoms in total. The van der Waals surface area contributed by atoms with E-state index in [1.165, 1.54) is 6.42 Å². The van der Waals surface area contributed by atoms with E-state index in [-0.39, 0.29) is 0 Å². The summed E-state index contributed by atoms with van der Waals surface area (Å²) in [5, 5.41) is 0. The highest BCUT2D eigenvalue weighted by molar-refractivity contribution is 9.10. The molecular weight excluding hydrogens is 242 g/mol. The number of unbranched alkanes of at least 4 members (excludes halogenated alkanes) is 1. The lowest BCUT2D eigenvalue weighted by Crippen LogP contribution is -2.13. The molecule has 14 heavy (non-hydrogen) atoms. The zero-order chi connectivity index (χ0) is 10.4. The molecule has 0 saturated carbocycles. The lowest BCUT2D eigenvalue weighted by molar-refractivity contribution is 0.393. The van der Waals surface area contributed by atoms with Crippen LogP contribution in [0.3, 0.4) is 0 Å². The minimum Gasteiger partial charge on any atom is -0.309 e. The summed E-state index contributed by atoms with van der Waals surface area (Å²) in [5.41, 5.74) is 0. The first-order valence-corrected chi connectivity index (χ1v) is 5.59. The van der Waals surface area contributed by atoms with Gasteiger partial charge in [0.05, 0.1) is 4.47 Å². The van der Waals surface area contributed by atoms with Crippen molar-refractivity contribution in [3.05, 3.63) is 22.7 Å². The zero-order valence-electron chi connectivity index (χ0n) is 8.70. The van der Waals surface area contributed by atoms with Gasteiger partial charge in [0.1, 0.15) is 5.82 Å². The monoisotopic (exact) mass is 257 g/mol. The Balaban J connectivity index is 2.21. The molecule has 0 aliphatic heterocycles. The van der Waals surface area contributed by atoms with E-state index in [2.05, 4.69) is 44.9 Å². The molecule has 0 aliphatic carbocycles. The minimum atomic E-state index is 0.937. The Morgan fingerprint density at radius 3 is 2.43 bits per heavy atom. The topological polar surface area (TPSA) is 29.0 Å². The molecule has 0 radical (unpaired) electrons. The van der Waals surface area contributed by atoms with Crippen LogP contribution in [0.25, 0.3) is 0 Å². The Kier molecular flexibility index (Phi) is 5.04. The van der Waals surface area contributed by atoms with Crippen molar-refractivity contribution in [2.45, 2.75) is 19.3 Å². The van der Waals surface area contributed by atoms with E-state index in [0.717, 1.165) is 29.7 Å². The standard InChI is InChI=1S/C10H16BrN3/c1-14(2)6-4-3-5-10-12-7-9(11)8-13-10/h7-8H,3-6H2,1-2H3. The van der Waals surface area contributed by atoms with Crippen LogP contribution in [0, 0.1) is 0 Å². The predicted octanol–water partition coefficient (Wildman–Crippen LogP) is 2.12. The summed E-state index contributed by atoms with van der Waals surface area (Å²) in [6, 6.07) is 0. The van der Waals surface area contributed by atoms with Crippen molar-refractivity contribution in [2.24, 2.45) is 0 Å². The van der Waals surface area contributed by atoms with E-state index in [1.807, 2.05) is 0 Å². The van der Waals surface area contributed by atoms with E-state index < -0.39 is 0 Å². The predicted molar refractivity (Wildman–Crippen MR) is 61.2 cm³/mol. The van der Waals surface area contributed by atoms with Crippen LogP contribution in [0.4, 0.5) is 0 Å². The summed E-state index contributed by atoms with van der Waals surface area (Å²) < 4.78 is 0.939. The van der Waals surface area contributed by atoms with Crippen LogP contribution >= 0.6 is 15.9 Å². The second-order valence-electron chi connectivity index (χ2n) is 3.58. The van der Waals surface area contributed by atoms with Gasteiger partial charge in [0.2, 0.25) is 0 Å². The largest absolute Gasteiger partial charge is 0.309 e. The molecule has 0 bridgehead atoms. The lowest BCUT2D eigenvalue weighted by atomic mass is 10.2. The summed E-state index contributed by atoms with van der Waals surface area (Å²) in [6.07, 6.45) is 6.93. The van der Waals surface area contributed by atoms with Crippen molar-refractivity contribution in [3.63, 3.8) is 0 Å². The van der Waals surface area contributed by atoms with Crippen molar-refractivity contribution in [1.82, 2.24) is 14.9 Å². The van der Waals surface area contributed by atoms with E-state index in [1.54, 1.807) is 12.4 Å². The van der Waals surface area contributed by atoms with Gasteiger partial charge < -0.3 is 4.90 Å². The molecule has 0 aromatic carbocycles. The first kappa shape index (κ1) is 11.6. The van der Waals surface area contributed by atoms with Crippen LogP contribution in [-0.2, 0) is 6.42 Å². The number of halogens is 1. The van der Waals surface area contributed by atoms with E-state index >= 15 is 0 Å². The fourth-order valence-corrected chi connectivity index (χ4v) is 1.38. The average molecular weight is 258 g/mol. The third-order valence-corrected chi connectivity index (χ3v) is 2.34. The highest BCUT2D eigenvalue weighted by atomic mass is 79.9. The van der Waals surface area contributed by atoms with Gasteiger partial charge in [-0.2, -0.15) is 0 Å². The number of rotatable bonds is 5. The van der Waals surface area contributed by atoms with Crippen LogP contribution < -0.4 is 0 Å². The van der Waals surface area contributed by atoms with Gasteiger partial charge in [-0.1, -0.05) is 0 Å². The SMILES string of the molecule is CN(C)CCCCc1ncc(Br)cn1. The molecule has 0 N–H and O–H groups in total. The van der Waals surface area contributed by atoms with Crippen molar-refractivity contribution in [2.75, 3.05) is 20.6 Å². The maximum Gasteiger partial charge on any atom is 0.128 e. The first-order chi connectivity index (χ1) is 6.68. The highest BCUT2D eigenvalue weighted by Crippen LogP contribution is 2.06. The van der Waals surface area contributed by atoms with E-state index in [9.17, 15) is 0 Å². The van der Waals surface area contributed by atoms with Crippen LogP contribution in [0.2, 0.25) is 0 Å². The molecule has 0 saturated heterocycles. The summed E-state index contributed by atoms with van der Waals surface area (Å²) >= 11 is 3.31. The smallest absolute Gasteiger partial charge is 0.128 e. The minimum absolute atomic E-state index is 0.937. The molecule has 1 aromatic heterocycles. The summed E-state index contributed by atoms with van der Waals surface area (Å²) in [7, 11) is 4.19. The second kappa shape index (κ2) is 6.09. The number of aryl methyl sites for hydroxylation is 1. The normalized spacial score (nSPS) is 10.9. The molecule has 1 heterocycles. The van der Waals surface area contributed by atoms with Gasteiger partial charge in [-0.3, -0.25) is 0 Å². The van der Waals surface area contributed by atoms with Gasteiger partial charge in [0, 0.05) is 18.8 Å². The molecular formula is C10H16BrN3. The molecule has 0 aliphatic rings. The molecule has 0 atom stereocenters. The van der Waals surface area contributed by atoms with Crippen LogP contribution in [0.15, 0.2) is 16.9 Å². The fourth-order valence-electron chi connectivity index (χ4n) is 1.18. The van der Waals surface area contributed by atoms with Crippen molar-refractivity contribution < 1.29 is 0 Å². The molecule has 78 valence electrons. The third kappa shape index (κ3) is 4.67. The molecule has 1 rings (SSSR count). The lowest BCUT2D eigenvalue weighted by Gasteiger charge is -2.07. The average Bonchev–Trinajstić information content (AvgIpc) is 2.15. The van der Waals surface area contributed by atoms with Gasteiger partial charge in [-0.15, -0.1) is 0 Å². The van der Waals surface area contributed by atoms with Gasteiger partial charge in [0.15, 0.2) is 0 Å². The molecule has 0 spiro atoms. The van der Waals surface area contributed by atoms with E-state index in [0.29, 0.717) is 0 Å². The van der Waals surface area contributed by atoms with Crippen molar-refractivity contribution >= 4 is 15.9 Å². The molecule has 1 aromatic rings. The second-order valence-corrected chi connectivity index (χ2v) is 4.49. The van der Waals surface area contributed by atoms with Gasteiger partial charge in [-0.05, 0) is 49.4 Å². The Hall–Kier alpha value is -0.480. The highest BCUT2D eigenvalue weighted by Gasteiger charge is 1.97. The van der Waals surface area contributed by atoms with Crippen molar-refractivity contribution in [1.29, 1.82) is 0 Å². The fraction of sp³-hybridized carbons (Fsp3) is 0.600. The van der Waals surface area contributed by atoms with Crippen LogP contribution in [0.1, 0.15) is 18.7 Å². The third-order valence-electron chi connectivity index (χ3n) is 1.93. The molecule has 0 unspecified atom stereocenters. The Labute approximate surface area is 93.7 Å². The van der Waals surface area contributed by atoms with Crippen molar-refractivity contribution in [3.8, 4) is 0 Å². The number of nitrogens with zero attached hydrogens (tertiary/aromatic N) is 3. The zero-order valence-corrected chi connectivity index (χ0v) is 10.3. The molecule has 0 fully saturated rings. The summed E-state index contributed by atoms with van der Waals surface area (Å²) in [6.45, 7) is 1.14. The summed E-state index contributed by atoms with van der Waals surface area (Å²) in [4.78, 5) is 10.6. The number of hydrogen-bond donors (Lipinski definition) is 0. The number of hydrogen-bond acceptors (Lipinski definition) is 3. The van der Waals surface area contributed by atoms with Gasteiger partial charge in [0.25, 0.3) is 0 Å². The Morgan fingerprint density at radius 1 is 1.21 bits per heavy atom. The summed E-state index contributed by atoms with van der Waals surface area (Å²) in [5.74, 6) is 0.937. The molecule has 0 amide bonds. The maximum atomic E-state index is 4.22. The van der Waals surface area contributed by atoms with E-state index in [4.69, 9.17) is 0 Å². The molecule has 4 heteroatoms. The van der Waals surface area contributed by atoms with Crippen LogP contribution in [-0.4, -0.2) is 35.5 Å². The number of aromatic nitrogens is 2. The first-order valence-electron chi connectivity index (χ1n) is 4.79.